The van der Waals surface area contributed by atoms with Crippen LogP contribution in [0.1, 0.15) is 13.3 Å². The van der Waals surface area contributed by atoms with Crippen LogP contribution in [0, 0.1) is 0 Å². The second-order valence-electron chi connectivity index (χ2n) is 3.95. The van der Waals surface area contributed by atoms with E-state index in [1.54, 1.807) is 18.3 Å². The van der Waals surface area contributed by atoms with Crippen molar-refractivity contribution in [2.45, 2.75) is 18.2 Å². The van der Waals surface area contributed by atoms with Crippen LogP contribution in [0.25, 0.3) is 0 Å². The third-order valence-electron chi connectivity index (χ3n) is 2.41. The molecule has 1 aromatic carbocycles. The summed E-state index contributed by atoms with van der Waals surface area (Å²) in [5, 5.41) is 0. The van der Waals surface area contributed by atoms with Gasteiger partial charge in [-0.25, -0.2) is 4.21 Å². The van der Waals surface area contributed by atoms with E-state index < -0.39 is 10.0 Å². The Kier molecular flexibility index (Phi) is 9.75. The zero-order valence-corrected chi connectivity index (χ0v) is 16.8. The molecule has 0 saturated heterocycles. The molecule has 1 heterocycles. The quantitative estimate of drug-likeness (QED) is 0.525. The van der Waals surface area contributed by atoms with Crippen LogP contribution in [0.5, 0.6) is 5.88 Å². The molecule has 0 spiro atoms. The molecule has 2 aromatic rings. The summed E-state index contributed by atoms with van der Waals surface area (Å²) >= 11 is 1.06. The predicted molar refractivity (Wildman–Crippen MR) is 94.2 cm³/mol. The standard InChI is InChI=1S/C12H14N4O3S2.2ClH.Fe/c1-3-8-13-9-4-6-10(7-5-9)21(17,18)16-11-12(19-2)15-20-14-11;;;/h4-8H,3H2,1-2H3,(H,14,16,17,18);2*1H;/q;;;+2/p-2. The minimum atomic E-state index is -3.61. The summed E-state index contributed by atoms with van der Waals surface area (Å²) in [7, 11) is 7.32. The number of ether oxygens (including phenoxy) is 1. The van der Waals surface area contributed by atoms with E-state index in [-0.39, 0.29) is 29.7 Å². The number of rotatable bonds is 5. The molecule has 7 nitrogen and oxygen atoms in total. The third kappa shape index (κ3) is 6.64. The number of hydrogen-bond donors (Lipinski definition) is 1. The normalized spacial score (nSPS) is 13.2. The minimum absolute atomic E-state index is 0.0167. The molecule has 0 aliphatic rings. The first kappa shape index (κ1) is 21.3. The fourth-order valence-electron chi connectivity index (χ4n) is 1.44. The molecular weight excluding hydrogens is 439 g/mol. The Labute approximate surface area is 159 Å². The summed E-state index contributed by atoms with van der Waals surface area (Å²) in [5.74, 6) is 0.147. The monoisotopic (exact) mass is 452 g/mol. The number of methoxy groups -OCH3 is 1. The first-order valence-electron chi connectivity index (χ1n) is 6.32. The predicted octanol–water partition coefficient (Wildman–Crippen LogP) is 4.67. The molecule has 12 heteroatoms. The molecule has 0 saturated carbocycles. The molecule has 2 rings (SSSR count). The molecule has 0 bridgehead atoms. The summed E-state index contributed by atoms with van der Waals surface area (Å²) < 4.78 is 38.6. The van der Waals surface area contributed by atoms with Crippen molar-refractivity contribution < 1.29 is 26.6 Å². The van der Waals surface area contributed by atoms with Crippen LogP contribution in [-0.2, 0) is 23.1 Å². The zero-order valence-electron chi connectivity index (χ0n) is 12.6. The fraction of sp³-hybridized carbons (Fsp3) is 0.250. The Morgan fingerprint density at radius 2 is 2.00 bits per heavy atom. The van der Waals surface area contributed by atoms with Crippen LogP contribution in [0.4, 0.5) is 11.5 Å². The molecule has 0 amide bonds. The van der Waals surface area contributed by atoms with Gasteiger partial charge in [0.05, 0.1) is 29.4 Å². The van der Waals surface area contributed by atoms with E-state index in [1.165, 1.54) is 19.2 Å². The van der Waals surface area contributed by atoms with Crippen molar-refractivity contribution in [3.63, 3.8) is 0 Å². The van der Waals surface area contributed by atoms with Crippen molar-refractivity contribution in [1.82, 2.24) is 8.75 Å². The number of hydrogen-bond acceptors (Lipinski definition) is 7. The van der Waals surface area contributed by atoms with Gasteiger partial charge in [-0.2, -0.15) is 0 Å². The van der Waals surface area contributed by atoms with Gasteiger partial charge in [0.1, 0.15) is 0 Å². The second kappa shape index (κ2) is 11.0. The van der Waals surface area contributed by atoms with E-state index in [0.29, 0.717) is 5.69 Å². The van der Waals surface area contributed by atoms with Gasteiger partial charge >= 0.3 is 33.3 Å². The van der Waals surface area contributed by atoms with E-state index in [1.807, 2.05) is 6.92 Å². The first-order valence-corrected chi connectivity index (χ1v) is 11.6. The molecule has 0 aliphatic heterocycles. The fourth-order valence-corrected chi connectivity index (χ4v) is 2.90. The van der Waals surface area contributed by atoms with Crippen molar-refractivity contribution in [2.75, 3.05) is 7.11 Å². The van der Waals surface area contributed by atoms with E-state index in [0.717, 1.165) is 18.1 Å². The van der Waals surface area contributed by atoms with Gasteiger partial charge in [0.25, 0.3) is 5.88 Å². The Hall–Kier alpha value is -0.741. The van der Waals surface area contributed by atoms with E-state index in [9.17, 15) is 8.76 Å². The van der Waals surface area contributed by atoms with Gasteiger partial charge < -0.3 is 4.74 Å². The molecule has 1 N–H and O–H groups in total. The van der Waals surface area contributed by atoms with Crippen molar-refractivity contribution in [2.24, 2.45) is 9.36 Å². The molecule has 1 atom stereocenters. The average molecular weight is 453 g/mol. The first-order chi connectivity index (χ1) is 11.5. The maximum absolute atomic E-state index is 12.3. The van der Waals surface area contributed by atoms with Gasteiger partial charge in [-0.15, -0.1) is 13.1 Å². The Morgan fingerprint density at radius 1 is 1.38 bits per heavy atom. The Morgan fingerprint density at radius 3 is 2.54 bits per heavy atom. The van der Waals surface area contributed by atoms with Crippen molar-refractivity contribution in [1.29, 1.82) is 0 Å². The van der Waals surface area contributed by atoms with Crippen molar-refractivity contribution >= 4 is 59.7 Å². The molecule has 1 unspecified atom stereocenters. The Bertz CT molecular complexity index is 777. The van der Waals surface area contributed by atoms with E-state index >= 15 is 0 Å². The van der Waals surface area contributed by atoms with Gasteiger partial charge in [-0.3, -0.25) is 9.55 Å². The second-order valence-corrected chi connectivity index (χ2v) is 7.95. The van der Waals surface area contributed by atoms with Gasteiger partial charge in [0.15, 0.2) is 10.0 Å². The van der Waals surface area contributed by atoms with Gasteiger partial charge in [0, 0.05) is 6.21 Å². The SMILES string of the molecule is CCC=Nc1ccc(S(=O)(O)=Nc2nsnc2OC)cc1.[Cl][Fe][Cl]. The number of aliphatic imine (C=N–C) groups is 1. The van der Waals surface area contributed by atoms with Crippen LogP contribution in [0.3, 0.4) is 0 Å². The van der Waals surface area contributed by atoms with Crippen LogP contribution >= 0.6 is 31.9 Å². The average Bonchev–Trinajstić information content (AvgIpc) is 3.00. The number of halogens is 2. The molecule has 24 heavy (non-hydrogen) atoms. The van der Waals surface area contributed by atoms with E-state index in [2.05, 4.69) is 18.1 Å². The van der Waals surface area contributed by atoms with Crippen molar-refractivity contribution in [3.8, 4) is 5.88 Å². The molecule has 0 radical (unpaired) electrons. The number of aromatic nitrogens is 2. The summed E-state index contributed by atoms with van der Waals surface area (Å²) in [4.78, 5) is 4.35. The molecule has 0 fully saturated rings. The summed E-state index contributed by atoms with van der Waals surface area (Å²) in [6.07, 6.45) is 2.59. The number of nitrogens with zero attached hydrogens (tertiary/aromatic N) is 4. The van der Waals surface area contributed by atoms with Gasteiger partial charge in [-0.05, 0) is 30.7 Å². The summed E-state index contributed by atoms with van der Waals surface area (Å²) in [5.41, 5.74) is 0.712. The summed E-state index contributed by atoms with van der Waals surface area (Å²) in [6, 6.07) is 6.34. The van der Waals surface area contributed by atoms with Crippen LogP contribution in [0.15, 0.2) is 38.5 Å². The van der Waals surface area contributed by atoms with Crippen molar-refractivity contribution in [3.05, 3.63) is 24.3 Å². The Balaban J connectivity index is 0.000000891. The number of benzene rings is 1. The van der Waals surface area contributed by atoms with Gasteiger partial charge in [-0.1, -0.05) is 6.92 Å². The summed E-state index contributed by atoms with van der Waals surface area (Å²) in [6.45, 7) is 1.98. The van der Waals surface area contributed by atoms with Crippen LogP contribution < -0.4 is 4.74 Å². The van der Waals surface area contributed by atoms with Crippen LogP contribution in [-0.4, -0.2) is 30.8 Å². The third-order valence-corrected chi connectivity index (χ3v) is 4.22. The topological polar surface area (TPSA) is 97.0 Å². The van der Waals surface area contributed by atoms with Crippen LogP contribution in [0.2, 0.25) is 0 Å². The molecular formula is C12H14Cl2FeN4O3S2. The molecule has 1 aromatic heterocycles. The zero-order chi connectivity index (χ0) is 18.0. The molecule has 134 valence electrons. The maximum atomic E-state index is 12.3. The van der Waals surface area contributed by atoms with Gasteiger partial charge in [0.2, 0.25) is 5.82 Å². The molecule has 0 aliphatic carbocycles. The van der Waals surface area contributed by atoms with E-state index in [4.69, 9.17) is 24.9 Å².